The number of nitrogens with one attached hydrogen (secondary N) is 1. The number of anilines is 1. The summed E-state index contributed by atoms with van der Waals surface area (Å²) in [5, 5.41) is 3.23. The third-order valence-electron chi connectivity index (χ3n) is 6.40. The maximum Gasteiger partial charge on any atom is 0.336 e. The predicted octanol–water partition coefficient (Wildman–Crippen LogP) is 7.16. The molecule has 9 nitrogen and oxygen atoms in total. The molecule has 3 aromatic rings. The van der Waals surface area contributed by atoms with Gasteiger partial charge < -0.3 is 18.9 Å². The Kier molecular flexibility index (Phi) is 10.9. The molecule has 0 bridgehead atoms. The third-order valence-corrected chi connectivity index (χ3v) is 6.99. The van der Waals surface area contributed by atoms with Crippen molar-refractivity contribution < 1.29 is 33.3 Å². The van der Waals surface area contributed by atoms with Crippen molar-refractivity contribution in [3.8, 4) is 23.0 Å². The number of allylic oxidation sites excluding steroid dienone is 1. The van der Waals surface area contributed by atoms with Crippen molar-refractivity contribution in [2.45, 2.75) is 33.8 Å². The second-order valence-electron chi connectivity index (χ2n) is 9.41. The molecule has 1 N–H and O–H groups in total. The molecule has 0 aliphatic carbocycles. The van der Waals surface area contributed by atoms with Crippen LogP contribution < -0.4 is 29.2 Å². The number of carbonyl (C=O) groups is 3. The van der Waals surface area contributed by atoms with Crippen molar-refractivity contribution in [1.29, 1.82) is 0 Å². The largest absolute Gasteiger partial charge is 0.494 e. The van der Waals surface area contributed by atoms with Crippen LogP contribution in [-0.4, -0.2) is 37.7 Å². The monoisotopic (exact) mass is 638 g/mol. The van der Waals surface area contributed by atoms with Crippen LogP contribution in [0.3, 0.4) is 0 Å². The first-order valence-corrected chi connectivity index (χ1v) is 14.7. The van der Waals surface area contributed by atoms with E-state index in [0.717, 1.165) is 10.5 Å². The van der Waals surface area contributed by atoms with Crippen molar-refractivity contribution in [2.75, 3.05) is 24.7 Å². The van der Waals surface area contributed by atoms with Gasteiger partial charge in [0.15, 0.2) is 11.5 Å². The molecule has 4 rings (SSSR count). The minimum Gasteiger partial charge on any atom is -0.494 e. The van der Waals surface area contributed by atoms with Crippen LogP contribution in [-0.2, 0) is 22.6 Å². The van der Waals surface area contributed by atoms with E-state index >= 15 is 0 Å². The average Bonchev–Trinajstić information content (AvgIpc) is 2.97. The molecule has 0 spiro atoms. The summed E-state index contributed by atoms with van der Waals surface area (Å²) in [4.78, 5) is 40.6. The number of hydrogen-bond acceptors (Lipinski definition) is 7. The van der Waals surface area contributed by atoms with Crippen LogP contribution in [0.25, 0.3) is 6.08 Å². The highest BCUT2D eigenvalue weighted by Gasteiger charge is 2.38. The molecule has 44 heavy (non-hydrogen) atoms. The number of urea groups is 1. The van der Waals surface area contributed by atoms with E-state index in [2.05, 4.69) is 11.9 Å². The smallest absolute Gasteiger partial charge is 0.336 e. The first-order chi connectivity index (χ1) is 21.2. The van der Waals surface area contributed by atoms with Crippen molar-refractivity contribution in [3.05, 3.63) is 93.5 Å². The number of carbonyl (C=O) groups excluding carboxylic acids is 3. The Hall–Kier alpha value is -4.47. The molecule has 1 heterocycles. The van der Waals surface area contributed by atoms with E-state index in [-0.39, 0.29) is 30.2 Å². The van der Waals surface area contributed by atoms with Crippen LogP contribution in [0.4, 0.5) is 10.5 Å². The summed E-state index contributed by atoms with van der Waals surface area (Å²) in [6.07, 6.45) is 3.50. The zero-order chi connectivity index (χ0) is 31.8. The van der Waals surface area contributed by atoms with Crippen LogP contribution in [0.1, 0.15) is 37.5 Å². The summed E-state index contributed by atoms with van der Waals surface area (Å²) in [6.45, 7) is 10.4. The maximum atomic E-state index is 13.8. The van der Waals surface area contributed by atoms with Crippen molar-refractivity contribution >= 4 is 52.8 Å². The van der Waals surface area contributed by atoms with E-state index in [1.54, 1.807) is 55.5 Å². The molecular weight excluding hydrogens is 607 g/mol. The van der Waals surface area contributed by atoms with Gasteiger partial charge >= 0.3 is 6.03 Å². The minimum absolute atomic E-state index is 0.140. The molecule has 1 aliphatic rings. The van der Waals surface area contributed by atoms with Crippen LogP contribution in [0.15, 0.2) is 66.8 Å². The quantitative estimate of drug-likeness (QED) is 0.120. The lowest BCUT2D eigenvalue weighted by molar-refractivity contribution is -0.122. The zero-order valence-corrected chi connectivity index (χ0v) is 26.1. The molecule has 1 saturated heterocycles. The summed E-state index contributed by atoms with van der Waals surface area (Å²) in [5.41, 5.74) is 1.78. The molecular formula is C33H32Cl2N2O7. The van der Waals surface area contributed by atoms with Gasteiger partial charge in [0.05, 0.1) is 25.5 Å². The third kappa shape index (κ3) is 7.35. The number of hydrogen-bond donors (Lipinski definition) is 1. The number of amides is 4. The van der Waals surface area contributed by atoms with E-state index in [0.29, 0.717) is 58.1 Å². The molecule has 0 atom stereocenters. The van der Waals surface area contributed by atoms with E-state index in [9.17, 15) is 14.4 Å². The number of rotatable bonds is 13. The summed E-state index contributed by atoms with van der Waals surface area (Å²) in [7, 11) is 0. The number of nitrogens with zero attached hydrogens (tertiary/aromatic N) is 1. The molecule has 230 valence electrons. The summed E-state index contributed by atoms with van der Waals surface area (Å²) in [5.74, 6) is -0.0960. The Morgan fingerprint density at radius 2 is 1.57 bits per heavy atom. The number of barbiturate groups is 1. The Morgan fingerprint density at radius 1 is 0.841 bits per heavy atom. The first kappa shape index (κ1) is 32.4. The van der Waals surface area contributed by atoms with Gasteiger partial charge in [-0.2, -0.15) is 0 Å². The van der Waals surface area contributed by atoms with Crippen molar-refractivity contribution in [1.82, 2.24) is 5.32 Å². The Morgan fingerprint density at radius 3 is 2.25 bits per heavy atom. The Bertz CT molecular complexity index is 1620. The lowest BCUT2D eigenvalue weighted by atomic mass is 10.0. The fraction of sp³-hybridized carbons (Fsp3) is 0.242. The molecule has 11 heteroatoms. The molecule has 3 aromatic carbocycles. The lowest BCUT2D eigenvalue weighted by Crippen LogP contribution is -2.54. The highest BCUT2D eigenvalue weighted by atomic mass is 35.5. The second kappa shape index (κ2) is 14.8. The summed E-state index contributed by atoms with van der Waals surface area (Å²) in [6, 6.07) is 12.5. The highest BCUT2D eigenvalue weighted by molar-refractivity contribution is 6.39. The fourth-order valence-corrected chi connectivity index (χ4v) is 5.00. The maximum absolute atomic E-state index is 13.8. The topological polar surface area (TPSA) is 103 Å². The number of benzene rings is 3. The molecule has 1 aliphatic heterocycles. The zero-order valence-electron chi connectivity index (χ0n) is 24.6. The molecule has 0 aromatic heterocycles. The van der Waals surface area contributed by atoms with E-state index in [4.69, 9.17) is 42.1 Å². The van der Waals surface area contributed by atoms with Gasteiger partial charge in [-0.1, -0.05) is 35.3 Å². The van der Waals surface area contributed by atoms with Gasteiger partial charge in [0.2, 0.25) is 0 Å². The van der Waals surface area contributed by atoms with Crippen LogP contribution in [0.2, 0.25) is 10.0 Å². The number of halogens is 2. The number of ether oxygens (including phenoxy) is 4. The van der Waals surface area contributed by atoms with Gasteiger partial charge in [-0.3, -0.25) is 14.9 Å². The number of imide groups is 2. The molecule has 0 radical (unpaired) electrons. The lowest BCUT2D eigenvalue weighted by Gasteiger charge is -2.28. The van der Waals surface area contributed by atoms with Crippen molar-refractivity contribution in [2.24, 2.45) is 0 Å². The average molecular weight is 640 g/mol. The van der Waals surface area contributed by atoms with Crippen LogP contribution >= 0.6 is 23.2 Å². The van der Waals surface area contributed by atoms with Gasteiger partial charge in [0.1, 0.15) is 23.7 Å². The first-order valence-electron chi connectivity index (χ1n) is 14.0. The minimum atomic E-state index is -0.904. The van der Waals surface area contributed by atoms with E-state index in [1.165, 1.54) is 12.1 Å². The molecule has 0 saturated carbocycles. The van der Waals surface area contributed by atoms with Crippen LogP contribution in [0, 0.1) is 0 Å². The summed E-state index contributed by atoms with van der Waals surface area (Å²) < 4.78 is 23.3. The summed E-state index contributed by atoms with van der Waals surface area (Å²) >= 11 is 12.4. The molecule has 0 unspecified atom stereocenters. The Labute approximate surface area is 265 Å². The normalized spacial score (nSPS) is 14.0. The van der Waals surface area contributed by atoms with Gasteiger partial charge in [0.25, 0.3) is 11.8 Å². The fourth-order valence-electron chi connectivity index (χ4n) is 4.54. The SMILES string of the molecule is C=CCc1cc(/C=C2\C(=O)NC(=O)N(c3cc(OCC)ccc3OCC)C2=O)cc(OCC)c1OCc1ccc(Cl)cc1Cl. The van der Waals surface area contributed by atoms with Crippen LogP contribution in [0.5, 0.6) is 23.0 Å². The Balaban J connectivity index is 1.75. The van der Waals surface area contributed by atoms with E-state index in [1.807, 2.05) is 13.8 Å². The highest BCUT2D eigenvalue weighted by Crippen LogP contribution is 2.38. The van der Waals surface area contributed by atoms with Gasteiger partial charge in [-0.05, 0) is 75.2 Å². The van der Waals surface area contributed by atoms with Gasteiger partial charge in [0, 0.05) is 27.2 Å². The van der Waals surface area contributed by atoms with E-state index < -0.39 is 17.8 Å². The van der Waals surface area contributed by atoms with Crippen molar-refractivity contribution in [3.63, 3.8) is 0 Å². The second-order valence-corrected chi connectivity index (χ2v) is 10.3. The van der Waals surface area contributed by atoms with Gasteiger partial charge in [-0.15, -0.1) is 6.58 Å². The standard InChI is InChI=1S/C33H32Cl2N2O7/c1-5-9-21-14-20(16-29(43-8-4)30(21)44-19-22-10-11-23(34)17-26(22)35)15-25-31(38)36-33(40)37(32(25)39)27-18-24(41-6-2)12-13-28(27)42-7-3/h5,10-18H,1,6-9,19H2,2-4H3,(H,36,38,40)/b25-15+. The predicted molar refractivity (Wildman–Crippen MR) is 170 cm³/mol. The van der Waals surface area contributed by atoms with Gasteiger partial charge in [-0.25, -0.2) is 9.69 Å². The molecule has 1 fully saturated rings. The molecule has 4 amide bonds.